The van der Waals surface area contributed by atoms with Gasteiger partial charge in [-0.15, -0.1) is 0 Å². The second-order valence-electron chi connectivity index (χ2n) is 3.30. The Morgan fingerprint density at radius 2 is 2.00 bits per heavy atom. The van der Waals surface area contributed by atoms with Crippen molar-refractivity contribution in [1.82, 2.24) is 5.32 Å². The molecule has 1 saturated carbocycles. The van der Waals surface area contributed by atoms with Gasteiger partial charge in [-0.2, -0.15) is 0 Å². The second-order valence-corrected chi connectivity index (χ2v) is 3.30. The van der Waals surface area contributed by atoms with Crippen LogP contribution in [-0.2, 0) is 19.1 Å². The standard InChI is InChI=1S/C9H15NO4/c1-13-7(11)5-10-8(6-3-4-6)9(12)14-2/h6,8,10H,3-5H2,1-2H3. The van der Waals surface area contributed by atoms with Crippen molar-refractivity contribution >= 4 is 11.9 Å². The first-order valence-corrected chi connectivity index (χ1v) is 4.57. The quantitative estimate of drug-likeness (QED) is 0.619. The SMILES string of the molecule is COC(=O)CNC(C(=O)OC)C1CC1. The van der Waals surface area contributed by atoms with E-state index in [2.05, 4.69) is 14.8 Å². The summed E-state index contributed by atoms with van der Waals surface area (Å²) in [5.41, 5.74) is 0. The molecule has 1 aliphatic rings. The summed E-state index contributed by atoms with van der Waals surface area (Å²) in [5, 5.41) is 2.83. The lowest BCUT2D eigenvalue weighted by atomic mass is 10.2. The fourth-order valence-electron chi connectivity index (χ4n) is 1.26. The van der Waals surface area contributed by atoms with Gasteiger partial charge in [-0.3, -0.25) is 14.9 Å². The first kappa shape index (κ1) is 11.0. The van der Waals surface area contributed by atoms with Gasteiger partial charge in [0.15, 0.2) is 0 Å². The number of ether oxygens (including phenoxy) is 2. The van der Waals surface area contributed by atoms with Crippen LogP contribution >= 0.6 is 0 Å². The van der Waals surface area contributed by atoms with Gasteiger partial charge in [0.05, 0.1) is 20.8 Å². The molecule has 1 aliphatic carbocycles. The molecule has 0 saturated heterocycles. The van der Waals surface area contributed by atoms with Gasteiger partial charge >= 0.3 is 11.9 Å². The molecule has 0 amide bonds. The molecule has 1 fully saturated rings. The molecule has 1 atom stereocenters. The van der Waals surface area contributed by atoms with Gasteiger partial charge in [0.1, 0.15) is 6.04 Å². The normalized spacial score (nSPS) is 17.3. The Morgan fingerprint density at radius 3 is 2.43 bits per heavy atom. The lowest BCUT2D eigenvalue weighted by molar-refractivity contribution is -0.144. The first-order valence-electron chi connectivity index (χ1n) is 4.57. The van der Waals surface area contributed by atoms with Crippen molar-refractivity contribution in [2.45, 2.75) is 18.9 Å². The van der Waals surface area contributed by atoms with Crippen LogP contribution in [0.25, 0.3) is 0 Å². The Balaban J connectivity index is 2.35. The molecule has 0 aliphatic heterocycles. The maximum absolute atomic E-state index is 11.3. The number of methoxy groups -OCH3 is 2. The van der Waals surface area contributed by atoms with E-state index in [0.29, 0.717) is 5.92 Å². The molecule has 1 unspecified atom stereocenters. The van der Waals surface area contributed by atoms with Gasteiger partial charge in [0.2, 0.25) is 0 Å². The van der Waals surface area contributed by atoms with Gasteiger partial charge < -0.3 is 9.47 Å². The van der Waals surface area contributed by atoms with Crippen LogP contribution in [0.2, 0.25) is 0 Å². The summed E-state index contributed by atoms with van der Waals surface area (Å²) in [7, 11) is 2.66. The molecule has 5 heteroatoms. The Hall–Kier alpha value is -1.10. The molecule has 0 radical (unpaired) electrons. The Labute approximate surface area is 82.8 Å². The summed E-state index contributed by atoms with van der Waals surface area (Å²) in [4.78, 5) is 22.1. The van der Waals surface area contributed by atoms with E-state index in [1.54, 1.807) is 0 Å². The van der Waals surface area contributed by atoms with Gasteiger partial charge in [0, 0.05) is 0 Å². The van der Waals surface area contributed by atoms with E-state index in [-0.39, 0.29) is 24.5 Å². The topological polar surface area (TPSA) is 64.6 Å². The number of rotatable bonds is 5. The molecular weight excluding hydrogens is 186 g/mol. The molecule has 0 aromatic heterocycles. The van der Waals surface area contributed by atoms with Crippen LogP contribution in [0, 0.1) is 5.92 Å². The first-order chi connectivity index (χ1) is 6.69. The van der Waals surface area contributed by atoms with Gasteiger partial charge in [0.25, 0.3) is 0 Å². The van der Waals surface area contributed by atoms with E-state index in [9.17, 15) is 9.59 Å². The third-order valence-electron chi connectivity index (χ3n) is 2.24. The van der Waals surface area contributed by atoms with Crippen LogP contribution in [0.4, 0.5) is 0 Å². The van der Waals surface area contributed by atoms with Crippen molar-refractivity contribution in [3.8, 4) is 0 Å². The highest BCUT2D eigenvalue weighted by molar-refractivity contribution is 5.78. The minimum Gasteiger partial charge on any atom is -0.468 e. The minimum absolute atomic E-state index is 0.0484. The van der Waals surface area contributed by atoms with Crippen molar-refractivity contribution in [2.75, 3.05) is 20.8 Å². The molecule has 0 bridgehead atoms. The van der Waals surface area contributed by atoms with E-state index in [4.69, 9.17) is 0 Å². The van der Waals surface area contributed by atoms with Crippen LogP contribution in [0.1, 0.15) is 12.8 Å². The molecular formula is C9H15NO4. The highest BCUT2D eigenvalue weighted by Crippen LogP contribution is 2.32. The number of esters is 2. The largest absolute Gasteiger partial charge is 0.468 e. The molecule has 80 valence electrons. The zero-order valence-corrected chi connectivity index (χ0v) is 8.41. The minimum atomic E-state index is -0.375. The summed E-state index contributed by atoms with van der Waals surface area (Å²) in [6, 6.07) is -0.362. The van der Waals surface area contributed by atoms with E-state index in [1.807, 2.05) is 0 Å². The number of carbonyl (C=O) groups excluding carboxylic acids is 2. The Kier molecular flexibility index (Phi) is 3.88. The molecule has 1 rings (SSSR count). The van der Waals surface area contributed by atoms with Crippen LogP contribution in [0.5, 0.6) is 0 Å². The number of hydrogen-bond acceptors (Lipinski definition) is 5. The molecule has 0 aromatic rings. The molecule has 0 spiro atoms. The molecule has 0 aromatic carbocycles. The maximum Gasteiger partial charge on any atom is 0.323 e. The summed E-state index contributed by atoms with van der Waals surface area (Å²) in [6.07, 6.45) is 2.02. The van der Waals surface area contributed by atoms with E-state index in [0.717, 1.165) is 12.8 Å². The van der Waals surface area contributed by atoms with Crippen LogP contribution < -0.4 is 5.32 Å². The third-order valence-corrected chi connectivity index (χ3v) is 2.24. The van der Waals surface area contributed by atoms with Crippen molar-refractivity contribution in [1.29, 1.82) is 0 Å². The van der Waals surface area contributed by atoms with Crippen LogP contribution in [-0.4, -0.2) is 38.7 Å². The van der Waals surface area contributed by atoms with E-state index >= 15 is 0 Å². The molecule has 1 N–H and O–H groups in total. The average Bonchev–Trinajstić information content (AvgIpc) is 3.01. The molecule has 5 nitrogen and oxygen atoms in total. The molecule has 14 heavy (non-hydrogen) atoms. The fourth-order valence-corrected chi connectivity index (χ4v) is 1.26. The van der Waals surface area contributed by atoms with Crippen molar-refractivity contribution < 1.29 is 19.1 Å². The lowest BCUT2D eigenvalue weighted by Crippen LogP contribution is -2.42. The highest BCUT2D eigenvalue weighted by atomic mass is 16.5. The van der Waals surface area contributed by atoms with Crippen molar-refractivity contribution in [3.63, 3.8) is 0 Å². The predicted octanol–water partition coefficient (Wildman–Crippen LogP) is -0.299. The highest BCUT2D eigenvalue weighted by Gasteiger charge is 2.36. The zero-order valence-electron chi connectivity index (χ0n) is 8.41. The lowest BCUT2D eigenvalue weighted by Gasteiger charge is -2.14. The zero-order chi connectivity index (χ0) is 10.6. The van der Waals surface area contributed by atoms with Crippen LogP contribution in [0.15, 0.2) is 0 Å². The van der Waals surface area contributed by atoms with Gasteiger partial charge in [-0.1, -0.05) is 0 Å². The van der Waals surface area contributed by atoms with Gasteiger partial charge in [-0.05, 0) is 18.8 Å². The number of carbonyl (C=O) groups is 2. The van der Waals surface area contributed by atoms with Crippen molar-refractivity contribution in [3.05, 3.63) is 0 Å². The number of hydrogen-bond donors (Lipinski definition) is 1. The predicted molar refractivity (Wildman–Crippen MR) is 48.5 cm³/mol. The third kappa shape index (κ3) is 2.99. The number of nitrogens with one attached hydrogen (secondary N) is 1. The average molecular weight is 201 g/mol. The fraction of sp³-hybridized carbons (Fsp3) is 0.778. The maximum atomic E-state index is 11.3. The Morgan fingerprint density at radius 1 is 1.36 bits per heavy atom. The van der Waals surface area contributed by atoms with Crippen LogP contribution in [0.3, 0.4) is 0 Å². The van der Waals surface area contributed by atoms with Crippen molar-refractivity contribution in [2.24, 2.45) is 5.92 Å². The smallest absolute Gasteiger partial charge is 0.323 e. The summed E-state index contributed by atoms with van der Waals surface area (Å²) < 4.78 is 9.09. The Bertz CT molecular complexity index is 225. The summed E-state index contributed by atoms with van der Waals surface area (Å²) in [6.45, 7) is 0.0484. The monoisotopic (exact) mass is 201 g/mol. The van der Waals surface area contributed by atoms with Gasteiger partial charge in [-0.25, -0.2) is 0 Å². The summed E-state index contributed by atoms with van der Waals surface area (Å²) in [5.74, 6) is -0.372. The second kappa shape index (κ2) is 4.95. The van der Waals surface area contributed by atoms with E-state index in [1.165, 1.54) is 14.2 Å². The summed E-state index contributed by atoms with van der Waals surface area (Å²) >= 11 is 0. The molecule has 0 heterocycles. The van der Waals surface area contributed by atoms with E-state index < -0.39 is 0 Å².